The van der Waals surface area contributed by atoms with E-state index in [1.54, 1.807) is 37.4 Å². The molecule has 0 atom stereocenters. The van der Waals surface area contributed by atoms with E-state index >= 15 is 0 Å². The van der Waals surface area contributed by atoms with E-state index in [0.717, 1.165) is 11.1 Å². The number of hydrogen-bond acceptors (Lipinski definition) is 6. The van der Waals surface area contributed by atoms with E-state index in [9.17, 15) is 24.1 Å². The molecule has 38 heavy (non-hydrogen) atoms. The number of pyridine rings is 2. The molecule has 0 bridgehead atoms. The SMILES string of the molecule is C=C1CN(c2c(C#N)c(=O)n(C)c3ccc(C#N)nc23)CCN1C(c1ccc(F)cc1)c1ccc(F)cc1. The second-order valence-corrected chi connectivity index (χ2v) is 9.06. The number of benzene rings is 2. The van der Waals surface area contributed by atoms with Crippen molar-refractivity contribution in [3.63, 3.8) is 0 Å². The zero-order chi connectivity index (χ0) is 27.0. The molecule has 0 spiro atoms. The Morgan fingerprint density at radius 2 is 1.53 bits per heavy atom. The van der Waals surface area contributed by atoms with Crippen LogP contribution in [-0.2, 0) is 7.05 Å². The number of aryl methyl sites for hydroxylation is 1. The monoisotopic (exact) mass is 508 g/mol. The van der Waals surface area contributed by atoms with E-state index in [1.165, 1.54) is 34.9 Å². The van der Waals surface area contributed by atoms with Crippen LogP contribution < -0.4 is 10.5 Å². The normalized spacial score (nSPS) is 13.6. The smallest absolute Gasteiger partial charge is 0.270 e. The second-order valence-electron chi connectivity index (χ2n) is 9.06. The molecule has 2 aromatic heterocycles. The molecule has 1 fully saturated rings. The maximum absolute atomic E-state index is 13.7. The Morgan fingerprint density at radius 3 is 2.05 bits per heavy atom. The van der Waals surface area contributed by atoms with Gasteiger partial charge in [0, 0.05) is 25.8 Å². The minimum Gasteiger partial charge on any atom is -0.361 e. The van der Waals surface area contributed by atoms with Gasteiger partial charge in [-0.2, -0.15) is 10.5 Å². The van der Waals surface area contributed by atoms with Crippen molar-refractivity contribution < 1.29 is 8.78 Å². The van der Waals surface area contributed by atoms with Crippen molar-refractivity contribution in [2.75, 3.05) is 24.5 Å². The highest BCUT2D eigenvalue weighted by Crippen LogP contribution is 2.36. The quantitative estimate of drug-likeness (QED) is 0.407. The predicted molar refractivity (Wildman–Crippen MR) is 139 cm³/mol. The summed E-state index contributed by atoms with van der Waals surface area (Å²) in [6, 6.07) is 19.2. The van der Waals surface area contributed by atoms with Crippen molar-refractivity contribution in [1.29, 1.82) is 10.5 Å². The van der Waals surface area contributed by atoms with Gasteiger partial charge in [-0.05, 0) is 47.5 Å². The summed E-state index contributed by atoms with van der Waals surface area (Å²) < 4.78 is 28.8. The van der Waals surface area contributed by atoms with E-state index in [4.69, 9.17) is 0 Å². The minimum absolute atomic E-state index is 0.0579. The summed E-state index contributed by atoms with van der Waals surface area (Å²) in [5.74, 6) is -0.720. The third-order valence-electron chi connectivity index (χ3n) is 6.83. The van der Waals surface area contributed by atoms with E-state index in [1.807, 2.05) is 17.0 Å². The molecule has 5 rings (SSSR count). The average molecular weight is 509 g/mol. The number of aromatic nitrogens is 2. The van der Waals surface area contributed by atoms with Crippen LogP contribution in [0.4, 0.5) is 14.5 Å². The summed E-state index contributed by atoms with van der Waals surface area (Å²) in [6.07, 6.45) is 0. The van der Waals surface area contributed by atoms with Gasteiger partial charge < -0.3 is 14.4 Å². The van der Waals surface area contributed by atoms with Gasteiger partial charge in [-0.1, -0.05) is 30.8 Å². The molecular formula is C29H22F2N6O. The Bertz CT molecular complexity index is 1650. The van der Waals surface area contributed by atoms with Gasteiger partial charge in [0.05, 0.1) is 23.8 Å². The van der Waals surface area contributed by atoms with Crippen LogP contribution in [0.25, 0.3) is 11.0 Å². The van der Waals surface area contributed by atoms with Crippen LogP contribution in [0.3, 0.4) is 0 Å². The molecular weight excluding hydrogens is 486 g/mol. The first kappa shape index (κ1) is 24.7. The molecule has 4 aromatic rings. The number of fused-ring (bicyclic) bond motifs is 1. The van der Waals surface area contributed by atoms with Gasteiger partial charge in [-0.25, -0.2) is 13.8 Å². The fourth-order valence-electron chi connectivity index (χ4n) is 4.99. The van der Waals surface area contributed by atoms with E-state index in [0.29, 0.717) is 35.5 Å². The molecule has 0 N–H and O–H groups in total. The lowest BCUT2D eigenvalue weighted by atomic mass is 9.95. The van der Waals surface area contributed by atoms with Gasteiger partial charge in [-0.15, -0.1) is 0 Å². The summed E-state index contributed by atoms with van der Waals surface area (Å²) in [7, 11) is 1.57. The Morgan fingerprint density at radius 1 is 0.921 bits per heavy atom. The molecule has 188 valence electrons. The summed E-state index contributed by atoms with van der Waals surface area (Å²) in [5.41, 5.74) is 3.22. The Hall–Kier alpha value is -5.02. The largest absolute Gasteiger partial charge is 0.361 e. The molecule has 0 unspecified atom stereocenters. The second kappa shape index (κ2) is 9.79. The van der Waals surface area contributed by atoms with Crippen LogP contribution in [0.1, 0.15) is 28.4 Å². The summed E-state index contributed by atoms with van der Waals surface area (Å²) in [4.78, 5) is 21.4. The van der Waals surface area contributed by atoms with Crippen molar-refractivity contribution in [3.05, 3.63) is 117 Å². The summed E-state index contributed by atoms with van der Waals surface area (Å²) in [5, 5.41) is 19.3. The van der Waals surface area contributed by atoms with Crippen LogP contribution in [0.2, 0.25) is 0 Å². The van der Waals surface area contributed by atoms with E-state index < -0.39 is 5.56 Å². The van der Waals surface area contributed by atoms with E-state index in [2.05, 4.69) is 16.5 Å². The number of rotatable bonds is 4. The highest BCUT2D eigenvalue weighted by atomic mass is 19.1. The number of anilines is 1. The van der Waals surface area contributed by atoms with Crippen molar-refractivity contribution in [1.82, 2.24) is 14.5 Å². The Labute approximate surface area is 217 Å². The topological polar surface area (TPSA) is 88.9 Å². The first-order valence-corrected chi connectivity index (χ1v) is 11.9. The third kappa shape index (κ3) is 4.25. The Kier molecular flexibility index (Phi) is 6.36. The zero-order valence-corrected chi connectivity index (χ0v) is 20.5. The molecule has 9 heteroatoms. The molecule has 0 aliphatic carbocycles. The number of piperazine rings is 1. The predicted octanol–water partition coefficient (Wildman–Crippen LogP) is 4.38. The zero-order valence-electron chi connectivity index (χ0n) is 20.5. The minimum atomic E-state index is -0.454. The molecule has 0 amide bonds. The molecule has 1 saturated heterocycles. The standard InChI is InChI=1S/C29H22F2N6O/c1-18-17-36(28-24(16-33)29(38)35(2)25-12-11-23(15-32)34-26(25)28)13-14-37(18)27(19-3-7-21(30)8-4-19)20-5-9-22(31)10-6-20/h3-12,27H,1,13-14,17H2,2H3. The Balaban J connectivity index is 1.57. The highest BCUT2D eigenvalue weighted by Gasteiger charge is 2.31. The van der Waals surface area contributed by atoms with Gasteiger partial charge in [0.1, 0.15) is 40.5 Å². The van der Waals surface area contributed by atoms with Gasteiger partial charge >= 0.3 is 0 Å². The fraction of sp³-hybridized carbons (Fsp3) is 0.172. The van der Waals surface area contributed by atoms with Crippen LogP contribution in [0, 0.1) is 34.3 Å². The molecule has 7 nitrogen and oxygen atoms in total. The third-order valence-corrected chi connectivity index (χ3v) is 6.83. The first-order valence-electron chi connectivity index (χ1n) is 11.9. The molecule has 1 aliphatic rings. The first-order chi connectivity index (χ1) is 18.3. The van der Waals surface area contributed by atoms with Gasteiger partial charge in [-0.3, -0.25) is 4.79 Å². The van der Waals surface area contributed by atoms with Crippen molar-refractivity contribution in [3.8, 4) is 12.1 Å². The van der Waals surface area contributed by atoms with Crippen molar-refractivity contribution in [2.24, 2.45) is 7.05 Å². The molecule has 3 heterocycles. The van der Waals surface area contributed by atoms with E-state index in [-0.39, 0.29) is 35.5 Å². The molecule has 1 aliphatic heterocycles. The van der Waals surface area contributed by atoms with Gasteiger partial charge in [0.15, 0.2) is 0 Å². The van der Waals surface area contributed by atoms with Crippen LogP contribution in [0.15, 0.2) is 77.7 Å². The lowest BCUT2D eigenvalue weighted by Crippen LogP contribution is -2.47. The maximum atomic E-state index is 13.7. The maximum Gasteiger partial charge on any atom is 0.270 e. The number of nitrogens with zero attached hydrogens (tertiary/aromatic N) is 6. The number of nitriles is 2. The van der Waals surface area contributed by atoms with Crippen LogP contribution in [-0.4, -0.2) is 34.1 Å². The van der Waals surface area contributed by atoms with Crippen LogP contribution in [0.5, 0.6) is 0 Å². The number of hydrogen-bond donors (Lipinski definition) is 0. The average Bonchev–Trinajstić information content (AvgIpc) is 2.93. The molecule has 2 aromatic carbocycles. The van der Waals surface area contributed by atoms with Gasteiger partial charge in [0.2, 0.25) is 0 Å². The fourth-order valence-corrected chi connectivity index (χ4v) is 4.99. The van der Waals surface area contributed by atoms with Crippen molar-refractivity contribution in [2.45, 2.75) is 6.04 Å². The summed E-state index contributed by atoms with van der Waals surface area (Å²) >= 11 is 0. The highest BCUT2D eigenvalue weighted by molar-refractivity contribution is 5.92. The van der Waals surface area contributed by atoms with Crippen LogP contribution >= 0.6 is 0 Å². The summed E-state index contributed by atoms with van der Waals surface area (Å²) in [6.45, 7) is 5.41. The molecule has 0 radical (unpaired) electrons. The lowest BCUT2D eigenvalue weighted by Gasteiger charge is -2.43. The molecule has 0 saturated carbocycles. The number of halogens is 2. The van der Waals surface area contributed by atoms with Crippen molar-refractivity contribution >= 4 is 16.7 Å². The van der Waals surface area contributed by atoms with Gasteiger partial charge in [0.25, 0.3) is 5.56 Å². The lowest BCUT2D eigenvalue weighted by molar-refractivity contribution is 0.269.